The zero-order valence-corrected chi connectivity index (χ0v) is 13.4. The Bertz CT molecular complexity index is 714. The van der Waals surface area contributed by atoms with Crippen molar-refractivity contribution >= 4 is 28.1 Å². The SMILES string of the molecule is CCOC(=O)CC(=NNc1nc(-c2ccccc2)cs1)C(F)(F)F. The second-order valence-corrected chi connectivity index (χ2v) is 5.41. The van der Waals surface area contributed by atoms with E-state index in [0.717, 1.165) is 16.9 Å². The molecule has 5 nitrogen and oxygen atoms in total. The van der Waals surface area contributed by atoms with Crippen LogP contribution in [0, 0.1) is 0 Å². The number of thiazole rings is 1. The van der Waals surface area contributed by atoms with E-state index in [1.165, 1.54) is 6.92 Å². The molecule has 1 aromatic carbocycles. The number of benzene rings is 1. The number of ether oxygens (including phenoxy) is 1. The van der Waals surface area contributed by atoms with E-state index in [1.54, 1.807) is 5.38 Å². The molecule has 0 aliphatic carbocycles. The fraction of sp³-hybridized carbons (Fsp3) is 0.267. The highest BCUT2D eigenvalue weighted by Gasteiger charge is 2.37. The van der Waals surface area contributed by atoms with Crippen molar-refractivity contribution in [2.45, 2.75) is 19.5 Å². The average Bonchev–Trinajstić information content (AvgIpc) is 3.00. The molecule has 0 saturated heterocycles. The van der Waals surface area contributed by atoms with Gasteiger partial charge in [0.25, 0.3) is 0 Å². The highest BCUT2D eigenvalue weighted by atomic mass is 32.1. The van der Waals surface area contributed by atoms with Gasteiger partial charge in [0.05, 0.1) is 18.7 Å². The lowest BCUT2D eigenvalue weighted by molar-refractivity contribution is -0.142. The molecule has 9 heteroatoms. The third-order valence-corrected chi connectivity index (χ3v) is 3.55. The number of nitrogens with zero attached hydrogens (tertiary/aromatic N) is 2. The van der Waals surface area contributed by atoms with Gasteiger partial charge in [0.15, 0.2) is 5.71 Å². The summed E-state index contributed by atoms with van der Waals surface area (Å²) in [5.74, 6) is -0.987. The number of alkyl halides is 3. The summed E-state index contributed by atoms with van der Waals surface area (Å²) in [6, 6.07) is 9.19. The van der Waals surface area contributed by atoms with Crippen molar-refractivity contribution in [1.82, 2.24) is 4.98 Å². The third-order valence-electron chi connectivity index (χ3n) is 2.80. The Labute approximate surface area is 140 Å². The molecule has 1 N–H and O–H groups in total. The number of carbonyl (C=O) groups is 1. The fourth-order valence-electron chi connectivity index (χ4n) is 1.73. The molecule has 0 atom stereocenters. The molecule has 0 saturated carbocycles. The molecular formula is C15H14F3N3O2S. The number of hydrazone groups is 1. The number of nitrogens with one attached hydrogen (secondary N) is 1. The van der Waals surface area contributed by atoms with Gasteiger partial charge < -0.3 is 4.74 Å². The van der Waals surface area contributed by atoms with Gasteiger partial charge in [-0.15, -0.1) is 11.3 Å². The van der Waals surface area contributed by atoms with Crippen LogP contribution in [0.1, 0.15) is 13.3 Å². The van der Waals surface area contributed by atoms with Crippen LogP contribution in [-0.4, -0.2) is 29.4 Å². The normalized spacial score (nSPS) is 12.1. The lowest BCUT2D eigenvalue weighted by atomic mass is 10.2. The first-order valence-electron chi connectivity index (χ1n) is 6.96. The fourth-order valence-corrected chi connectivity index (χ4v) is 2.40. The molecule has 1 aromatic heterocycles. The van der Waals surface area contributed by atoms with Gasteiger partial charge in [-0.2, -0.15) is 18.3 Å². The first-order valence-corrected chi connectivity index (χ1v) is 7.84. The van der Waals surface area contributed by atoms with Gasteiger partial charge in [0.2, 0.25) is 5.13 Å². The Hall–Kier alpha value is -2.42. The smallest absolute Gasteiger partial charge is 0.431 e. The number of anilines is 1. The highest BCUT2D eigenvalue weighted by molar-refractivity contribution is 7.14. The topological polar surface area (TPSA) is 63.6 Å². The maximum absolute atomic E-state index is 12.9. The molecule has 0 radical (unpaired) electrons. The maximum Gasteiger partial charge on any atom is 0.431 e. The molecule has 0 unspecified atom stereocenters. The first-order chi connectivity index (χ1) is 11.4. The summed E-state index contributed by atoms with van der Waals surface area (Å²) in [7, 11) is 0. The Morgan fingerprint density at radius 3 is 2.67 bits per heavy atom. The van der Waals surface area contributed by atoms with Crippen LogP contribution in [0.2, 0.25) is 0 Å². The number of esters is 1. The molecule has 0 bridgehead atoms. The number of hydrogen-bond acceptors (Lipinski definition) is 6. The number of halogens is 3. The molecule has 24 heavy (non-hydrogen) atoms. The second kappa shape index (κ2) is 7.91. The van der Waals surface area contributed by atoms with Crippen molar-refractivity contribution in [1.29, 1.82) is 0 Å². The van der Waals surface area contributed by atoms with Gasteiger partial charge in [-0.3, -0.25) is 10.2 Å². The van der Waals surface area contributed by atoms with Crippen molar-refractivity contribution in [2.75, 3.05) is 12.0 Å². The molecule has 0 amide bonds. The Morgan fingerprint density at radius 2 is 2.04 bits per heavy atom. The van der Waals surface area contributed by atoms with Crippen LogP contribution in [0.3, 0.4) is 0 Å². The lowest BCUT2D eigenvalue weighted by Gasteiger charge is -2.09. The van der Waals surface area contributed by atoms with Crippen molar-refractivity contribution in [3.05, 3.63) is 35.7 Å². The molecule has 128 valence electrons. The van der Waals surface area contributed by atoms with Crippen LogP contribution in [0.25, 0.3) is 11.3 Å². The molecule has 0 fully saturated rings. The van der Waals surface area contributed by atoms with E-state index in [0.29, 0.717) is 5.69 Å². The van der Waals surface area contributed by atoms with Crippen LogP contribution in [0.4, 0.5) is 18.3 Å². The first kappa shape index (κ1) is 17.9. The van der Waals surface area contributed by atoms with Crippen molar-refractivity contribution in [3.63, 3.8) is 0 Å². The van der Waals surface area contributed by atoms with E-state index in [-0.39, 0.29) is 11.7 Å². The zero-order valence-electron chi connectivity index (χ0n) is 12.6. The van der Waals surface area contributed by atoms with Crippen LogP contribution in [0.5, 0.6) is 0 Å². The van der Waals surface area contributed by atoms with E-state index >= 15 is 0 Å². The van der Waals surface area contributed by atoms with E-state index in [1.807, 2.05) is 30.3 Å². The monoisotopic (exact) mass is 357 g/mol. The van der Waals surface area contributed by atoms with Crippen LogP contribution in [0.15, 0.2) is 40.8 Å². The highest BCUT2D eigenvalue weighted by Crippen LogP contribution is 2.25. The van der Waals surface area contributed by atoms with E-state index in [2.05, 4.69) is 20.2 Å². The number of rotatable bonds is 6. The van der Waals surface area contributed by atoms with Gasteiger partial charge in [0.1, 0.15) is 0 Å². The molecule has 0 aliphatic rings. The largest absolute Gasteiger partial charge is 0.466 e. The number of aromatic nitrogens is 1. The summed E-state index contributed by atoms with van der Waals surface area (Å²) < 4.78 is 43.2. The summed E-state index contributed by atoms with van der Waals surface area (Å²) >= 11 is 1.11. The second-order valence-electron chi connectivity index (χ2n) is 4.55. The van der Waals surface area contributed by atoms with Gasteiger partial charge in [-0.25, -0.2) is 4.98 Å². The molecule has 2 rings (SSSR count). The predicted octanol–water partition coefficient (Wildman–Crippen LogP) is 4.09. The third kappa shape index (κ3) is 5.05. The minimum Gasteiger partial charge on any atom is -0.466 e. The molecule has 0 spiro atoms. The van der Waals surface area contributed by atoms with Gasteiger partial charge in [-0.1, -0.05) is 30.3 Å². The van der Waals surface area contributed by atoms with Crippen molar-refractivity contribution in [2.24, 2.45) is 5.10 Å². The lowest BCUT2D eigenvalue weighted by Crippen LogP contribution is -2.27. The predicted molar refractivity (Wildman–Crippen MR) is 85.9 cm³/mol. The summed E-state index contributed by atoms with van der Waals surface area (Å²) in [5, 5.41) is 5.18. The summed E-state index contributed by atoms with van der Waals surface area (Å²) in [6.45, 7) is 1.52. The summed E-state index contributed by atoms with van der Waals surface area (Å²) in [4.78, 5) is 15.4. The van der Waals surface area contributed by atoms with Gasteiger partial charge in [-0.05, 0) is 6.92 Å². The maximum atomic E-state index is 12.9. The molecule has 1 heterocycles. The quantitative estimate of drug-likeness (QED) is 0.480. The van der Waals surface area contributed by atoms with Crippen LogP contribution in [-0.2, 0) is 9.53 Å². The number of hydrogen-bond donors (Lipinski definition) is 1. The van der Waals surface area contributed by atoms with Gasteiger partial charge >= 0.3 is 12.1 Å². The Balaban J connectivity index is 2.11. The Kier molecular flexibility index (Phi) is 5.91. The van der Waals surface area contributed by atoms with Crippen molar-refractivity contribution < 1.29 is 22.7 Å². The average molecular weight is 357 g/mol. The number of carbonyl (C=O) groups excluding carboxylic acids is 1. The minimum absolute atomic E-state index is 0.00428. The van der Waals surface area contributed by atoms with Crippen LogP contribution < -0.4 is 5.43 Å². The molecule has 2 aromatic rings. The van der Waals surface area contributed by atoms with E-state index < -0.39 is 24.3 Å². The minimum atomic E-state index is -4.74. The Morgan fingerprint density at radius 1 is 1.33 bits per heavy atom. The van der Waals surface area contributed by atoms with E-state index in [4.69, 9.17) is 0 Å². The standard InChI is InChI=1S/C15H14F3N3O2S/c1-2-23-13(22)8-12(15(16,17)18)20-21-14-19-11(9-24-14)10-6-4-3-5-7-10/h3-7,9H,2,8H2,1H3,(H,19,21). The summed E-state index contributed by atoms with van der Waals surface area (Å²) in [6.07, 6.45) is -5.69. The van der Waals surface area contributed by atoms with E-state index in [9.17, 15) is 18.0 Å². The summed E-state index contributed by atoms with van der Waals surface area (Å²) in [5.41, 5.74) is 2.45. The van der Waals surface area contributed by atoms with Crippen molar-refractivity contribution in [3.8, 4) is 11.3 Å². The van der Waals surface area contributed by atoms with Gasteiger partial charge in [0, 0.05) is 10.9 Å². The molecular weight excluding hydrogens is 343 g/mol. The molecule has 0 aliphatic heterocycles. The van der Waals surface area contributed by atoms with Crippen LogP contribution >= 0.6 is 11.3 Å². The zero-order chi connectivity index (χ0) is 17.6.